The first-order chi connectivity index (χ1) is 8.66. The standard InChI is InChI=1S/C13H20N2O2S/c1-15(7-8-17-10-9-16-2)12-6-4-3-5-11(12)13(14)18/h3-6H,7-10H2,1-2H3,(H2,14,18). The van der Waals surface area contributed by atoms with Crippen LogP contribution in [0.3, 0.4) is 0 Å². The molecule has 2 N–H and O–H groups in total. The smallest absolute Gasteiger partial charge is 0.106 e. The molecule has 0 aliphatic heterocycles. The van der Waals surface area contributed by atoms with Crippen LogP contribution in [0.1, 0.15) is 5.56 Å². The summed E-state index contributed by atoms with van der Waals surface area (Å²) in [4.78, 5) is 2.50. The van der Waals surface area contributed by atoms with E-state index in [-0.39, 0.29) is 0 Å². The number of ether oxygens (including phenoxy) is 2. The van der Waals surface area contributed by atoms with Gasteiger partial charge in [0.1, 0.15) is 4.99 Å². The van der Waals surface area contributed by atoms with Gasteiger partial charge < -0.3 is 20.1 Å². The number of thiocarbonyl (C=S) groups is 1. The van der Waals surface area contributed by atoms with Crippen LogP contribution in [0.2, 0.25) is 0 Å². The third kappa shape index (κ3) is 4.60. The van der Waals surface area contributed by atoms with E-state index >= 15 is 0 Å². The highest BCUT2D eigenvalue weighted by Gasteiger charge is 2.08. The molecule has 0 saturated carbocycles. The molecule has 1 rings (SSSR count). The molecule has 0 radical (unpaired) electrons. The molecule has 0 atom stereocenters. The zero-order valence-corrected chi connectivity index (χ0v) is 11.7. The predicted molar refractivity (Wildman–Crippen MR) is 78.3 cm³/mol. The van der Waals surface area contributed by atoms with Gasteiger partial charge in [-0.15, -0.1) is 0 Å². The van der Waals surface area contributed by atoms with Gasteiger partial charge in [-0.05, 0) is 12.1 Å². The number of likely N-dealkylation sites (N-methyl/N-ethyl adjacent to an activating group) is 1. The third-order valence-electron chi connectivity index (χ3n) is 2.58. The number of para-hydroxylation sites is 1. The Hall–Kier alpha value is -1.17. The van der Waals surface area contributed by atoms with Gasteiger partial charge in [-0.2, -0.15) is 0 Å². The number of rotatable bonds is 8. The lowest BCUT2D eigenvalue weighted by Crippen LogP contribution is -2.26. The van der Waals surface area contributed by atoms with Crippen LogP contribution in [0, 0.1) is 0 Å². The molecule has 4 nitrogen and oxygen atoms in total. The molecule has 0 spiro atoms. The number of nitrogens with two attached hydrogens (primary N) is 1. The zero-order chi connectivity index (χ0) is 13.4. The summed E-state index contributed by atoms with van der Waals surface area (Å²) in [5.74, 6) is 0. The van der Waals surface area contributed by atoms with E-state index in [2.05, 4.69) is 4.90 Å². The molecule has 0 aliphatic carbocycles. The second kappa shape index (κ2) is 8.02. The molecule has 0 amide bonds. The quantitative estimate of drug-likeness (QED) is 0.571. The molecule has 0 bridgehead atoms. The zero-order valence-electron chi connectivity index (χ0n) is 10.9. The molecule has 0 fully saturated rings. The van der Waals surface area contributed by atoms with Crippen LogP contribution in [-0.2, 0) is 9.47 Å². The van der Waals surface area contributed by atoms with Gasteiger partial charge in [-0.25, -0.2) is 0 Å². The van der Waals surface area contributed by atoms with Crippen molar-refractivity contribution in [3.63, 3.8) is 0 Å². The van der Waals surface area contributed by atoms with Crippen molar-refractivity contribution in [2.45, 2.75) is 0 Å². The molecule has 0 unspecified atom stereocenters. The van der Waals surface area contributed by atoms with E-state index < -0.39 is 0 Å². The highest BCUT2D eigenvalue weighted by atomic mass is 32.1. The minimum absolute atomic E-state index is 0.415. The Bertz CT molecular complexity index is 385. The monoisotopic (exact) mass is 268 g/mol. The summed E-state index contributed by atoms with van der Waals surface area (Å²) in [6, 6.07) is 7.84. The van der Waals surface area contributed by atoms with Crippen molar-refractivity contribution in [3.8, 4) is 0 Å². The first kappa shape index (κ1) is 14.9. The second-order valence-corrected chi connectivity index (χ2v) is 4.35. The van der Waals surface area contributed by atoms with E-state index in [0.29, 0.717) is 24.8 Å². The predicted octanol–water partition coefficient (Wildman–Crippen LogP) is 1.42. The first-order valence-corrected chi connectivity index (χ1v) is 6.24. The SMILES string of the molecule is COCCOCCN(C)c1ccccc1C(N)=S. The Balaban J connectivity index is 2.51. The Morgan fingerprint density at radius 1 is 1.28 bits per heavy atom. The molecule has 100 valence electrons. The van der Waals surface area contributed by atoms with Crippen molar-refractivity contribution in [1.29, 1.82) is 0 Å². The number of benzene rings is 1. The van der Waals surface area contributed by atoms with E-state index in [9.17, 15) is 0 Å². The van der Waals surface area contributed by atoms with Crippen LogP contribution in [0.5, 0.6) is 0 Å². The van der Waals surface area contributed by atoms with Crippen LogP contribution in [-0.4, -0.2) is 45.5 Å². The van der Waals surface area contributed by atoms with Gasteiger partial charge in [0.05, 0.1) is 19.8 Å². The van der Waals surface area contributed by atoms with Gasteiger partial charge >= 0.3 is 0 Å². The van der Waals surface area contributed by atoms with Gasteiger partial charge in [0.15, 0.2) is 0 Å². The Morgan fingerprint density at radius 2 is 2.00 bits per heavy atom. The second-order valence-electron chi connectivity index (χ2n) is 3.91. The van der Waals surface area contributed by atoms with Gasteiger partial charge in [0.2, 0.25) is 0 Å². The Morgan fingerprint density at radius 3 is 2.67 bits per heavy atom. The van der Waals surface area contributed by atoms with Crippen molar-refractivity contribution >= 4 is 22.9 Å². The average Bonchev–Trinajstić information content (AvgIpc) is 2.38. The van der Waals surface area contributed by atoms with Crippen molar-refractivity contribution in [2.75, 3.05) is 45.4 Å². The van der Waals surface area contributed by atoms with Crippen molar-refractivity contribution in [2.24, 2.45) is 5.73 Å². The molecule has 5 heteroatoms. The van der Waals surface area contributed by atoms with Gasteiger partial charge in [0.25, 0.3) is 0 Å². The van der Waals surface area contributed by atoms with E-state index in [1.807, 2.05) is 31.3 Å². The molecule has 0 heterocycles. The minimum Gasteiger partial charge on any atom is -0.389 e. The van der Waals surface area contributed by atoms with E-state index in [1.54, 1.807) is 7.11 Å². The van der Waals surface area contributed by atoms with Gasteiger partial charge in [-0.3, -0.25) is 0 Å². The fourth-order valence-electron chi connectivity index (χ4n) is 1.58. The number of nitrogens with zero attached hydrogens (tertiary/aromatic N) is 1. The van der Waals surface area contributed by atoms with Crippen LogP contribution in [0.15, 0.2) is 24.3 Å². The maximum absolute atomic E-state index is 5.70. The lowest BCUT2D eigenvalue weighted by molar-refractivity contribution is 0.0744. The molecular formula is C13H20N2O2S. The summed E-state index contributed by atoms with van der Waals surface area (Å²) in [5.41, 5.74) is 7.63. The fraction of sp³-hybridized carbons (Fsp3) is 0.462. The van der Waals surface area contributed by atoms with E-state index in [0.717, 1.165) is 17.8 Å². The number of hydrogen-bond acceptors (Lipinski definition) is 4. The van der Waals surface area contributed by atoms with Crippen molar-refractivity contribution in [3.05, 3.63) is 29.8 Å². The molecule has 0 saturated heterocycles. The summed E-state index contributed by atoms with van der Waals surface area (Å²) in [6.45, 7) is 2.66. The molecule has 1 aromatic rings. The van der Waals surface area contributed by atoms with Gasteiger partial charge in [-0.1, -0.05) is 24.4 Å². The fourth-order valence-corrected chi connectivity index (χ4v) is 1.75. The number of methoxy groups -OCH3 is 1. The lowest BCUT2D eigenvalue weighted by Gasteiger charge is -2.22. The summed E-state index contributed by atoms with van der Waals surface area (Å²) >= 11 is 5.04. The topological polar surface area (TPSA) is 47.7 Å². The largest absolute Gasteiger partial charge is 0.389 e. The normalized spacial score (nSPS) is 10.3. The van der Waals surface area contributed by atoms with Crippen LogP contribution in [0.25, 0.3) is 0 Å². The molecular weight excluding hydrogens is 248 g/mol. The number of anilines is 1. The Kier molecular flexibility index (Phi) is 6.64. The third-order valence-corrected chi connectivity index (χ3v) is 2.80. The van der Waals surface area contributed by atoms with Crippen LogP contribution < -0.4 is 10.6 Å². The molecule has 0 aromatic heterocycles. The highest BCUT2D eigenvalue weighted by Crippen LogP contribution is 2.18. The number of hydrogen-bond donors (Lipinski definition) is 1. The summed E-state index contributed by atoms with van der Waals surface area (Å²) < 4.78 is 10.3. The van der Waals surface area contributed by atoms with E-state index in [1.165, 1.54) is 0 Å². The molecule has 0 aliphatic rings. The average molecular weight is 268 g/mol. The lowest BCUT2D eigenvalue weighted by atomic mass is 10.1. The van der Waals surface area contributed by atoms with Crippen LogP contribution >= 0.6 is 12.2 Å². The van der Waals surface area contributed by atoms with Crippen molar-refractivity contribution < 1.29 is 9.47 Å². The first-order valence-electron chi connectivity index (χ1n) is 5.83. The highest BCUT2D eigenvalue weighted by molar-refractivity contribution is 7.80. The molecule has 18 heavy (non-hydrogen) atoms. The summed E-state index contributed by atoms with van der Waals surface area (Å²) in [5, 5.41) is 0. The molecule has 1 aromatic carbocycles. The summed E-state index contributed by atoms with van der Waals surface area (Å²) in [6.07, 6.45) is 0. The van der Waals surface area contributed by atoms with Gasteiger partial charge in [0, 0.05) is 32.0 Å². The van der Waals surface area contributed by atoms with E-state index in [4.69, 9.17) is 27.4 Å². The van der Waals surface area contributed by atoms with Crippen molar-refractivity contribution in [1.82, 2.24) is 0 Å². The minimum atomic E-state index is 0.415. The maximum Gasteiger partial charge on any atom is 0.106 e. The van der Waals surface area contributed by atoms with Crippen LogP contribution in [0.4, 0.5) is 5.69 Å². The Labute approximate surface area is 114 Å². The summed E-state index contributed by atoms with van der Waals surface area (Å²) in [7, 11) is 3.66. The maximum atomic E-state index is 5.70.